The summed E-state index contributed by atoms with van der Waals surface area (Å²) in [4.78, 5) is 4.24. The van der Waals surface area contributed by atoms with Crippen molar-refractivity contribution in [3.8, 4) is 6.07 Å². The molecular weight excluding hydrogens is 166 g/mol. The summed E-state index contributed by atoms with van der Waals surface area (Å²) in [6.07, 6.45) is 1.89. The normalized spacial score (nSPS) is 10.2. The monoisotopic (exact) mass is 173 g/mol. The lowest BCUT2D eigenvalue weighted by Crippen LogP contribution is -1.97. The fourth-order valence-corrected chi connectivity index (χ4v) is 1.21. The maximum Gasteiger partial charge on any atom is 0.182 e. The number of hydrogen-bond acceptors (Lipinski definition) is 4. The lowest BCUT2D eigenvalue weighted by molar-refractivity contribution is 0.837. The molecule has 0 unspecified atom stereocenters. The molecule has 5 heteroatoms. The Bertz CT molecular complexity index is 479. The number of nitriles is 1. The van der Waals surface area contributed by atoms with Gasteiger partial charge in [-0.3, -0.25) is 0 Å². The van der Waals surface area contributed by atoms with Crippen LogP contribution in [-0.4, -0.2) is 19.7 Å². The molecule has 0 atom stereocenters. The molecule has 0 fully saturated rings. The molecule has 0 bridgehead atoms. The highest BCUT2D eigenvalue weighted by molar-refractivity contribution is 5.70. The Morgan fingerprint density at radius 2 is 2.46 bits per heavy atom. The number of fused-ring (bicyclic) bond motifs is 1. The molecule has 2 heterocycles. The third kappa shape index (κ3) is 1.12. The second kappa shape index (κ2) is 2.83. The van der Waals surface area contributed by atoms with Crippen LogP contribution in [0.4, 0.5) is 0 Å². The van der Waals surface area contributed by atoms with E-state index in [2.05, 4.69) is 21.3 Å². The molecule has 0 radical (unpaired) electrons. The van der Waals surface area contributed by atoms with Crippen LogP contribution in [-0.2, 0) is 13.5 Å². The van der Waals surface area contributed by atoms with Crippen molar-refractivity contribution in [1.82, 2.24) is 19.7 Å². The van der Waals surface area contributed by atoms with Crippen molar-refractivity contribution in [3.05, 3.63) is 18.1 Å². The zero-order valence-electron chi connectivity index (χ0n) is 7.10. The Morgan fingerprint density at radius 3 is 3.15 bits per heavy atom. The summed E-state index contributed by atoms with van der Waals surface area (Å²) in [6.45, 7) is 0. The van der Waals surface area contributed by atoms with E-state index >= 15 is 0 Å². The molecule has 0 amide bonds. The third-order valence-electron chi connectivity index (χ3n) is 1.87. The number of nitrogens with zero attached hydrogens (tertiary/aromatic N) is 5. The topological polar surface area (TPSA) is 67.4 Å². The van der Waals surface area contributed by atoms with Crippen LogP contribution in [0.1, 0.15) is 5.82 Å². The first-order valence-electron chi connectivity index (χ1n) is 3.83. The lowest BCUT2D eigenvalue weighted by Gasteiger charge is -1.94. The second-order valence-electron chi connectivity index (χ2n) is 2.66. The van der Waals surface area contributed by atoms with Gasteiger partial charge in [-0.05, 0) is 6.07 Å². The quantitative estimate of drug-likeness (QED) is 0.627. The van der Waals surface area contributed by atoms with Crippen LogP contribution in [0.3, 0.4) is 0 Å². The van der Waals surface area contributed by atoms with Crippen LogP contribution >= 0.6 is 0 Å². The SMILES string of the molecule is Cn1c(CC#N)nc2ccnnc21. The number of hydrogen-bond donors (Lipinski definition) is 0. The average molecular weight is 173 g/mol. The first-order valence-corrected chi connectivity index (χ1v) is 3.83. The van der Waals surface area contributed by atoms with Crippen molar-refractivity contribution >= 4 is 11.2 Å². The van der Waals surface area contributed by atoms with E-state index in [0.29, 0.717) is 12.1 Å². The summed E-state index contributed by atoms with van der Waals surface area (Å²) >= 11 is 0. The molecule has 0 aromatic carbocycles. The van der Waals surface area contributed by atoms with E-state index in [1.54, 1.807) is 16.8 Å². The molecule has 0 aliphatic carbocycles. The summed E-state index contributed by atoms with van der Waals surface area (Å²) in [5.74, 6) is 0.720. The number of imidazole rings is 1. The number of aromatic nitrogens is 4. The van der Waals surface area contributed by atoms with E-state index in [0.717, 1.165) is 11.3 Å². The Labute approximate surface area is 74.6 Å². The number of aryl methyl sites for hydroxylation is 1. The highest BCUT2D eigenvalue weighted by atomic mass is 15.2. The van der Waals surface area contributed by atoms with Crippen LogP contribution in [0.2, 0.25) is 0 Å². The Morgan fingerprint density at radius 1 is 1.62 bits per heavy atom. The minimum Gasteiger partial charge on any atom is -0.313 e. The van der Waals surface area contributed by atoms with Crippen molar-refractivity contribution in [2.24, 2.45) is 7.05 Å². The molecule has 2 aromatic heterocycles. The zero-order valence-corrected chi connectivity index (χ0v) is 7.10. The van der Waals surface area contributed by atoms with E-state index in [1.807, 2.05) is 7.05 Å². The largest absolute Gasteiger partial charge is 0.313 e. The van der Waals surface area contributed by atoms with E-state index < -0.39 is 0 Å². The van der Waals surface area contributed by atoms with Crippen molar-refractivity contribution in [3.63, 3.8) is 0 Å². The van der Waals surface area contributed by atoms with Crippen molar-refractivity contribution in [2.45, 2.75) is 6.42 Å². The Kier molecular flexibility index (Phi) is 1.67. The van der Waals surface area contributed by atoms with Crippen molar-refractivity contribution in [1.29, 1.82) is 5.26 Å². The Hall–Kier alpha value is -1.96. The Balaban J connectivity index is 2.68. The van der Waals surface area contributed by atoms with Gasteiger partial charge in [0.25, 0.3) is 0 Å². The predicted molar refractivity (Wildman–Crippen MR) is 45.6 cm³/mol. The first-order chi connectivity index (χ1) is 6.33. The van der Waals surface area contributed by atoms with Gasteiger partial charge in [-0.15, -0.1) is 5.10 Å². The van der Waals surface area contributed by atoms with Gasteiger partial charge in [0.1, 0.15) is 11.3 Å². The molecule has 2 rings (SSSR count). The van der Waals surface area contributed by atoms with E-state index in [-0.39, 0.29) is 0 Å². The molecule has 0 spiro atoms. The summed E-state index contributed by atoms with van der Waals surface area (Å²) in [5.41, 5.74) is 1.50. The van der Waals surface area contributed by atoms with E-state index in [9.17, 15) is 0 Å². The van der Waals surface area contributed by atoms with Crippen molar-refractivity contribution < 1.29 is 0 Å². The summed E-state index contributed by atoms with van der Waals surface area (Å²) in [6, 6.07) is 3.84. The highest BCUT2D eigenvalue weighted by Crippen LogP contribution is 2.10. The van der Waals surface area contributed by atoms with Crippen LogP contribution in [0.5, 0.6) is 0 Å². The van der Waals surface area contributed by atoms with Crippen LogP contribution in [0.15, 0.2) is 12.3 Å². The molecule has 0 N–H and O–H groups in total. The third-order valence-corrected chi connectivity index (χ3v) is 1.87. The predicted octanol–water partition coefficient (Wildman–Crippen LogP) is 0.429. The van der Waals surface area contributed by atoms with Gasteiger partial charge >= 0.3 is 0 Å². The zero-order chi connectivity index (χ0) is 9.26. The van der Waals surface area contributed by atoms with E-state index in [1.165, 1.54) is 0 Å². The van der Waals surface area contributed by atoms with Crippen LogP contribution < -0.4 is 0 Å². The highest BCUT2D eigenvalue weighted by Gasteiger charge is 2.07. The summed E-state index contributed by atoms with van der Waals surface area (Å²) in [7, 11) is 1.83. The van der Waals surface area contributed by atoms with Gasteiger partial charge in [0, 0.05) is 7.05 Å². The molecule has 2 aromatic rings. The number of rotatable bonds is 1. The minimum atomic E-state index is 0.298. The minimum absolute atomic E-state index is 0.298. The molecule has 0 saturated heterocycles. The molecule has 5 nitrogen and oxygen atoms in total. The van der Waals surface area contributed by atoms with E-state index in [4.69, 9.17) is 5.26 Å². The molecular formula is C8H7N5. The maximum absolute atomic E-state index is 8.53. The average Bonchev–Trinajstić information content (AvgIpc) is 2.46. The second-order valence-corrected chi connectivity index (χ2v) is 2.66. The smallest absolute Gasteiger partial charge is 0.182 e. The van der Waals surface area contributed by atoms with Gasteiger partial charge in [-0.1, -0.05) is 0 Å². The van der Waals surface area contributed by atoms with Gasteiger partial charge in [-0.25, -0.2) is 4.98 Å². The maximum atomic E-state index is 8.53. The molecule has 64 valence electrons. The van der Waals surface area contributed by atoms with Gasteiger partial charge < -0.3 is 4.57 Å². The van der Waals surface area contributed by atoms with Gasteiger partial charge in [-0.2, -0.15) is 10.4 Å². The fraction of sp³-hybridized carbons (Fsp3) is 0.250. The lowest BCUT2D eigenvalue weighted by atomic mass is 10.4. The van der Waals surface area contributed by atoms with Gasteiger partial charge in [0.2, 0.25) is 0 Å². The van der Waals surface area contributed by atoms with Gasteiger partial charge in [0.05, 0.1) is 18.7 Å². The van der Waals surface area contributed by atoms with Crippen molar-refractivity contribution in [2.75, 3.05) is 0 Å². The fourth-order valence-electron chi connectivity index (χ4n) is 1.21. The molecule has 13 heavy (non-hydrogen) atoms. The standard InChI is InChI=1S/C8H7N5/c1-13-7(2-4-9)11-6-3-5-10-12-8(6)13/h3,5H,2H2,1H3. The summed E-state index contributed by atoms with van der Waals surface area (Å²) in [5, 5.41) is 16.2. The molecule has 0 aliphatic rings. The summed E-state index contributed by atoms with van der Waals surface area (Å²) < 4.78 is 1.78. The molecule has 0 saturated carbocycles. The van der Waals surface area contributed by atoms with Crippen LogP contribution in [0, 0.1) is 11.3 Å². The van der Waals surface area contributed by atoms with Crippen LogP contribution in [0.25, 0.3) is 11.2 Å². The molecule has 0 aliphatic heterocycles. The van der Waals surface area contributed by atoms with Gasteiger partial charge in [0.15, 0.2) is 5.65 Å². The first kappa shape index (κ1) is 7.68.